The number of amides is 1. The van der Waals surface area contributed by atoms with E-state index in [9.17, 15) is 13.2 Å². The first-order valence-corrected chi connectivity index (χ1v) is 11.9. The summed E-state index contributed by atoms with van der Waals surface area (Å²) >= 11 is 5.85. The molecule has 6 nitrogen and oxygen atoms in total. The fraction of sp³-hybridized carbons (Fsp3) is 0.208. The number of hydrogen-bond donors (Lipinski definition) is 1. The third-order valence-electron chi connectivity index (χ3n) is 5.00. The van der Waals surface area contributed by atoms with Crippen LogP contribution in [-0.2, 0) is 10.0 Å². The van der Waals surface area contributed by atoms with Crippen LogP contribution in [0.25, 0.3) is 0 Å². The van der Waals surface area contributed by atoms with Crippen LogP contribution in [0.4, 0.5) is 5.69 Å². The number of hydrogen-bond acceptors (Lipinski definition) is 4. The van der Waals surface area contributed by atoms with E-state index in [4.69, 9.17) is 16.3 Å². The second-order valence-corrected chi connectivity index (χ2v) is 9.58. The highest BCUT2D eigenvalue weighted by atomic mass is 35.5. The van der Waals surface area contributed by atoms with Gasteiger partial charge in [-0.25, -0.2) is 8.42 Å². The molecule has 0 spiro atoms. The molecule has 1 atom stereocenters. The average molecular weight is 473 g/mol. The number of rotatable bonds is 8. The van der Waals surface area contributed by atoms with Crippen LogP contribution < -0.4 is 14.4 Å². The van der Waals surface area contributed by atoms with Gasteiger partial charge < -0.3 is 10.1 Å². The van der Waals surface area contributed by atoms with Gasteiger partial charge in [-0.15, -0.1) is 0 Å². The van der Waals surface area contributed by atoms with Gasteiger partial charge in [-0.3, -0.25) is 9.10 Å². The number of carbonyl (C=O) groups excluding carboxylic acids is 1. The SMILES string of the molecule is CCOc1ccc([C@H](C)NC(=O)c2ccc(N(C)S(=O)(=O)c3ccc(Cl)cc3)cc2)cc1. The summed E-state index contributed by atoms with van der Waals surface area (Å²) in [6.45, 7) is 4.42. The fourth-order valence-corrected chi connectivity index (χ4v) is 4.43. The Labute approximate surface area is 193 Å². The van der Waals surface area contributed by atoms with Gasteiger partial charge in [0.1, 0.15) is 5.75 Å². The zero-order valence-electron chi connectivity index (χ0n) is 18.1. The number of carbonyl (C=O) groups is 1. The van der Waals surface area contributed by atoms with Gasteiger partial charge >= 0.3 is 0 Å². The minimum atomic E-state index is -3.74. The van der Waals surface area contributed by atoms with Gasteiger partial charge in [-0.05, 0) is 80.1 Å². The maximum atomic E-state index is 12.8. The molecule has 3 aromatic carbocycles. The van der Waals surface area contributed by atoms with Crippen LogP contribution in [-0.4, -0.2) is 28.0 Å². The van der Waals surface area contributed by atoms with E-state index in [0.717, 1.165) is 11.3 Å². The summed E-state index contributed by atoms with van der Waals surface area (Å²) < 4.78 is 32.3. The Morgan fingerprint density at radius 1 is 1.00 bits per heavy atom. The number of benzene rings is 3. The number of sulfonamides is 1. The lowest BCUT2D eigenvalue weighted by Gasteiger charge is -2.20. The molecule has 1 amide bonds. The number of halogens is 1. The van der Waals surface area contributed by atoms with Gasteiger partial charge in [0.05, 0.1) is 23.2 Å². The van der Waals surface area contributed by atoms with Crippen molar-refractivity contribution in [3.8, 4) is 5.75 Å². The highest BCUT2D eigenvalue weighted by Gasteiger charge is 2.21. The Morgan fingerprint density at radius 3 is 2.16 bits per heavy atom. The van der Waals surface area contributed by atoms with E-state index in [1.54, 1.807) is 24.3 Å². The molecule has 3 aromatic rings. The van der Waals surface area contributed by atoms with Crippen LogP contribution in [0.5, 0.6) is 5.75 Å². The maximum Gasteiger partial charge on any atom is 0.264 e. The molecule has 0 saturated heterocycles. The predicted octanol–water partition coefficient (Wildman–Crippen LogP) is 5.05. The van der Waals surface area contributed by atoms with Crippen molar-refractivity contribution in [2.75, 3.05) is 18.0 Å². The molecule has 0 aliphatic carbocycles. The number of nitrogens with zero attached hydrogens (tertiary/aromatic N) is 1. The summed E-state index contributed by atoms with van der Waals surface area (Å²) in [5.41, 5.74) is 1.83. The van der Waals surface area contributed by atoms with Gasteiger partial charge in [0, 0.05) is 17.6 Å². The molecule has 0 saturated carbocycles. The first-order valence-electron chi connectivity index (χ1n) is 10.1. The van der Waals surface area contributed by atoms with Crippen molar-refractivity contribution in [2.45, 2.75) is 24.8 Å². The lowest BCUT2D eigenvalue weighted by molar-refractivity contribution is 0.0940. The van der Waals surface area contributed by atoms with E-state index < -0.39 is 10.0 Å². The molecule has 0 radical (unpaired) electrons. The van der Waals surface area contributed by atoms with Crippen LogP contribution >= 0.6 is 11.6 Å². The van der Waals surface area contributed by atoms with Crippen LogP contribution in [0.1, 0.15) is 35.8 Å². The first kappa shape index (κ1) is 23.6. The summed E-state index contributed by atoms with van der Waals surface area (Å²) in [7, 11) is -2.28. The van der Waals surface area contributed by atoms with Crippen LogP contribution in [0.15, 0.2) is 77.7 Å². The van der Waals surface area contributed by atoms with Crippen molar-refractivity contribution in [2.24, 2.45) is 0 Å². The molecule has 3 rings (SSSR count). The molecule has 32 heavy (non-hydrogen) atoms. The molecular weight excluding hydrogens is 448 g/mol. The Balaban J connectivity index is 1.69. The summed E-state index contributed by atoms with van der Waals surface area (Å²) in [5, 5.41) is 3.41. The number of anilines is 1. The summed E-state index contributed by atoms with van der Waals surface area (Å²) in [6.07, 6.45) is 0. The highest BCUT2D eigenvalue weighted by molar-refractivity contribution is 7.92. The zero-order valence-corrected chi connectivity index (χ0v) is 19.7. The lowest BCUT2D eigenvalue weighted by Crippen LogP contribution is -2.28. The largest absolute Gasteiger partial charge is 0.494 e. The molecule has 0 aromatic heterocycles. The lowest BCUT2D eigenvalue weighted by atomic mass is 10.1. The standard InChI is InChI=1S/C24H25ClN2O4S/c1-4-31-22-13-7-18(8-14-22)17(2)26-24(28)19-5-11-21(12-6-19)27(3)32(29,30)23-15-9-20(25)10-16-23/h5-17H,4H2,1-3H3,(H,26,28)/t17-/m0/s1. The Morgan fingerprint density at radius 2 is 1.59 bits per heavy atom. The van der Waals surface area contributed by atoms with Crippen molar-refractivity contribution in [3.05, 3.63) is 88.9 Å². The van der Waals surface area contributed by atoms with E-state index in [2.05, 4.69) is 5.32 Å². The molecule has 0 heterocycles. The van der Waals surface area contributed by atoms with Gasteiger partial charge in [-0.2, -0.15) is 0 Å². The van der Waals surface area contributed by atoms with E-state index in [1.165, 1.54) is 35.6 Å². The Kier molecular flexibility index (Phi) is 7.43. The van der Waals surface area contributed by atoms with Gasteiger partial charge in [0.2, 0.25) is 0 Å². The van der Waals surface area contributed by atoms with E-state index >= 15 is 0 Å². The van der Waals surface area contributed by atoms with Gasteiger partial charge in [-0.1, -0.05) is 23.7 Å². The summed E-state index contributed by atoms with van der Waals surface area (Å²) in [6, 6.07) is 19.7. The molecular formula is C24H25ClN2O4S. The smallest absolute Gasteiger partial charge is 0.264 e. The third kappa shape index (κ3) is 5.41. The average Bonchev–Trinajstić information content (AvgIpc) is 2.79. The van der Waals surface area contributed by atoms with Crippen molar-refractivity contribution < 1.29 is 17.9 Å². The predicted molar refractivity (Wildman–Crippen MR) is 127 cm³/mol. The summed E-state index contributed by atoms with van der Waals surface area (Å²) in [5.74, 6) is 0.532. The minimum Gasteiger partial charge on any atom is -0.494 e. The molecule has 8 heteroatoms. The topological polar surface area (TPSA) is 75.7 Å². The number of ether oxygens (including phenoxy) is 1. The second kappa shape index (κ2) is 10.1. The normalized spacial score (nSPS) is 12.1. The monoisotopic (exact) mass is 472 g/mol. The van der Waals surface area contributed by atoms with Gasteiger partial charge in [0.15, 0.2) is 0 Å². The minimum absolute atomic E-state index is 0.135. The van der Waals surface area contributed by atoms with Crippen molar-refractivity contribution >= 4 is 33.2 Å². The molecule has 0 fully saturated rings. The second-order valence-electron chi connectivity index (χ2n) is 7.17. The number of nitrogens with one attached hydrogen (secondary N) is 1. The molecule has 0 bridgehead atoms. The maximum absolute atomic E-state index is 12.8. The Bertz CT molecular complexity index is 1160. The fourth-order valence-electron chi connectivity index (χ4n) is 3.11. The molecule has 0 aliphatic rings. The van der Waals surface area contributed by atoms with Crippen molar-refractivity contribution in [3.63, 3.8) is 0 Å². The zero-order chi connectivity index (χ0) is 23.3. The molecule has 1 N–H and O–H groups in total. The van der Waals surface area contributed by atoms with Crippen LogP contribution in [0.3, 0.4) is 0 Å². The molecule has 0 aliphatic heterocycles. The van der Waals surface area contributed by atoms with E-state index in [0.29, 0.717) is 22.9 Å². The van der Waals surface area contributed by atoms with Crippen molar-refractivity contribution in [1.82, 2.24) is 5.32 Å². The first-order chi connectivity index (χ1) is 15.2. The molecule has 168 valence electrons. The quantitative estimate of drug-likeness (QED) is 0.497. The van der Waals surface area contributed by atoms with Gasteiger partial charge in [0.25, 0.3) is 15.9 Å². The van der Waals surface area contributed by atoms with E-state index in [-0.39, 0.29) is 16.8 Å². The molecule has 0 unspecified atom stereocenters. The van der Waals surface area contributed by atoms with Crippen LogP contribution in [0, 0.1) is 0 Å². The Hall–Kier alpha value is -3.03. The van der Waals surface area contributed by atoms with Crippen LogP contribution in [0.2, 0.25) is 5.02 Å². The van der Waals surface area contributed by atoms with E-state index in [1.807, 2.05) is 38.1 Å². The highest BCUT2D eigenvalue weighted by Crippen LogP contribution is 2.24. The third-order valence-corrected chi connectivity index (χ3v) is 7.06. The van der Waals surface area contributed by atoms with Crippen molar-refractivity contribution in [1.29, 1.82) is 0 Å². The summed E-state index contributed by atoms with van der Waals surface area (Å²) in [4.78, 5) is 12.8.